The zero-order valence-electron chi connectivity index (χ0n) is 10.2. The van der Waals surface area contributed by atoms with Crippen molar-refractivity contribution in [1.29, 1.82) is 0 Å². The molecule has 3 nitrogen and oxygen atoms in total. The molecule has 2 aromatic carbocycles. The first-order chi connectivity index (χ1) is 10.2. The van der Waals surface area contributed by atoms with E-state index in [9.17, 15) is 34.8 Å². The fourth-order valence-electron chi connectivity index (χ4n) is 1.48. The van der Waals surface area contributed by atoms with Gasteiger partial charge in [0.2, 0.25) is 5.82 Å². The predicted molar refractivity (Wildman–Crippen MR) is 60.4 cm³/mol. The lowest BCUT2D eigenvalue weighted by atomic mass is 10.3. The van der Waals surface area contributed by atoms with Gasteiger partial charge in [0.05, 0.1) is 0 Å². The van der Waals surface area contributed by atoms with Gasteiger partial charge < -0.3 is 4.18 Å². The molecule has 0 amide bonds. The highest BCUT2D eigenvalue weighted by Gasteiger charge is 2.35. The van der Waals surface area contributed by atoms with Crippen molar-refractivity contribution in [2.45, 2.75) is 4.90 Å². The van der Waals surface area contributed by atoms with E-state index in [2.05, 4.69) is 4.18 Å². The first kappa shape index (κ1) is 16.1. The molecule has 22 heavy (non-hydrogen) atoms. The lowest BCUT2D eigenvalue weighted by Gasteiger charge is -2.10. The number of halogens is 6. The minimum atomic E-state index is -5.50. The lowest BCUT2D eigenvalue weighted by Crippen LogP contribution is -2.18. The van der Waals surface area contributed by atoms with Gasteiger partial charge in [-0.1, -0.05) is 12.1 Å². The minimum absolute atomic E-state index is 0.767. The third kappa shape index (κ3) is 2.61. The summed E-state index contributed by atoms with van der Waals surface area (Å²) in [5.41, 5.74) is 0. The van der Waals surface area contributed by atoms with Crippen LogP contribution in [0.2, 0.25) is 0 Å². The average Bonchev–Trinajstić information content (AvgIpc) is 2.45. The Labute approximate surface area is 119 Å². The molecule has 2 rings (SSSR count). The summed E-state index contributed by atoms with van der Waals surface area (Å²) in [6, 6.07) is 3.85. The van der Waals surface area contributed by atoms with Gasteiger partial charge in [-0.25, -0.2) is 26.3 Å². The van der Waals surface area contributed by atoms with Crippen molar-refractivity contribution in [2.75, 3.05) is 0 Å². The van der Waals surface area contributed by atoms with Crippen molar-refractivity contribution in [1.82, 2.24) is 0 Å². The first-order valence-electron chi connectivity index (χ1n) is 5.37. The molecule has 0 spiro atoms. The summed E-state index contributed by atoms with van der Waals surface area (Å²) in [5.74, 6) is -14.8. The molecule has 0 saturated carbocycles. The maximum absolute atomic E-state index is 13.4. The zero-order chi connectivity index (χ0) is 16.7. The Kier molecular flexibility index (Phi) is 4.05. The standard InChI is InChI=1S/C12H4F6O3S/c13-5-3-1-2-4-6(5)21-22(19,20)12-10(17)8(15)7(14)9(16)11(12)18/h1-4H. The number of hydrogen-bond acceptors (Lipinski definition) is 3. The average molecular weight is 342 g/mol. The van der Waals surface area contributed by atoms with E-state index < -0.39 is 55.7 Å². The van der Waals surface area contributed by atoms with E-state index >= 15 is 0 Å². The molecule has 2 aromatic rings. The molecule has 0 aliphatic carbocycles. The lowest BCUT2D eigenvalue weighted by molar-refractivity contribution is 0.352. The SMILES string of the molecule is O=S(=O)(Oc1ccccc1F)c1c(F)c(F)c(F)c(F)c1F. The van der Waals surface area contributed by atoms with Gasteiger partial charge in [-0.15, -0.1) is 0 Å². The van der Waals surface area contributed by atoms with Gasteiger partial charge >= 0.3 is 10.1 Å². The van der Waals surface area contributed by atoms with Gasteiger partial charge in [-0.2, -0.15) is 8.42 Å². The normalized spacial score (nSPS) is 11.5. The second-order valence-corrected chi connectivity index (χ2v) is 5.35. The van der Waals surface area contributed by atoms with E-state index in [0.29, 0.717) is 0 Å². The highest BCUT2D eigenvalue weighted by molar-refractivity contribution is 7.87. The first-order valence-corrected chi connectivity index (χ1v) is 6.78. The fourth-order valence-corrected chi connectivity index (χ4v) is 2.55. The molecule has 0 unspecified atom stereocenters. The number of para-hydroxylation sites is 1. The van der Waals surface area contributed by atoms with Crippen LogP contribution in [0.25, 0.3) is 0 Å². The summed E-state index contributed by atoms with van der Waals surface area (Å²) in [6.07, 6.45) is 0. The van der Waals surface area contributed by atoms with Crippen molar-refractivity contribution in [2.24, 2.45) is 0 Å². The number of benzene rings is 2. The van der Waals surface area contributed by atoms with Crippen molar-refractivity contribution >= 4 is 10.1 Å². The van der Waals surface area contributed by atoms with E-state index in [0.717, 1.165) is 24.3 Å². The number of rotatable bonds is 3. The molecule has 0 aromatic heterocycles. The molecule has 0 aliphatic heterocycles. The van der Waals surface area contributed by atoms with Gasteiger partial charge in [0.15, 0.2) is 39.7 Å². The molecule has 0 saturated heterocycles. The molecule has 0 bridgehead atoms. The third-order valence-corrected chi connectivity index (χ3v) is 3.71. The van der Waals surface area contributed by atoms with Crippen LogP contribution >= 0.6 is 0 Å². The molecule has 0 N–H and O–H groups in total. The highest BCUT2D eigenvalue weighted by atomic mass is 32.2. The summed E-state index contributed by atoms with van der Waals surface area (Å²) >= 11 is 0. The predicted octanol–water partition coefficient (Wildman–Crippen LogP) is 3.29. The quantitative estimate of drug-likeness (QED) is 0.372. The molecule has 0 atom stereocenters. The smallest absolute Gasteiger partial charge is 0.345 e. The maximum Gasteiger partial charge on any atom is 0.345 e. The Morgan fingerprint density at radius 2 is 1.18 bits per heavy atom. The Hall–Kier alpha value is -2.23. The molecular weight excluding hydrogens is 338 g/mol. The monoisotopic (exact) mass is 342 g/mol. The van der Waals surface area contributed by atoms with E-state index in [-0.39, 0.29) is 0 Å². The van der Waals surface area contributed by atoms with Crippen molar-refractivity contribution in [3.05, 3.63) is 59.2 Å². The summed E-state index contributed by atoms with van der Waals surface area (Å²) < 4.78 is 106. The van der Waals surface area contributed by atoms with Crippen LogP contribution in [0.3, 0.4) is 0 Å². The number of hydrogen-bond donors (Lipinski definition) is 0. The van der Waals surface area contributed by atoms with Crippen LogP contribution in [-0.2, 0) is 10.1 Å². The van der Waals surface area contributed by atoms with Gasteiger partial charge in [-0.3, -0.25) is 0 Å². The fraction of sp³-hybridized carbons (Fsp3) is 0. The topological polar surface area (TPSA) is 43.4 Å². The molecular formula is C12H4F6O3S. The second-order valence-electron chi connectivity index (χ2n) is 3.87. The zero-order valence-corrected chi connectivity index (χ0v) is 11.0. The summed E-state index contributed by atoms with van der Waals surface area (Å²) in [6.45, 7) is 0. The largest absolute Gasteiger partial charge is 0.376 e. The van der Waals surface area contributed by atoms with Crippen molar-refractivity contribution in [3.63, 3.8) is 0 Å². The molecule has 0 fully saturated rings. The molecule has 118 valence electrons. The van der Waals surface area contributed by atoms with E-state index in [1.54, 1.807) is 0 Å². The highest BCUT2D eigenvalue weighted by Crippen LogP contribution is 2.29. The Bertz CT molecular complexity index is 821. The minimum Gasteiger partial charge on any atom is -0.376 e. The van der Waals surface area contributed by atoms with E-state index in [1.165, 1.54) is 0 Å². The van der Waals surface area contributed by atoms with Crippen LogP contribution in [-0.4, -0.2) is 8.42 Å². The van der Waals surface area contributed by atoms with Crippen LogP contribution in [0.15, 0.2) is 29.2 Å². The molecule has 10 heteroatoms. The Morgan fingerprint density at radius 3 is 1.68 bits per heavy atom. The second kappa shape index (κ2) is 5.52. The Morgan fingerprint density at radius 1 is 0.727 bits per heavy atom. The van der Waals surface area contributed by atoms with Crippen molar-refractivity contribution < 1.29 is 38.9 Å². The van der Waals surface area contributed by atoms with Gasteiger partial charge in [-0.05, 0) is 12.1 Å². The van der Waals surface area contributed by atoms with Gasteiger partial charge in [0, 0.05) is 0 Å². The van der Waals surface area contributed by atoms with Gasteiger partial charge in [0.25, 0.3) is 0 Å². The van der Waals surface area contributed by atoms with Crippen LogP contribution in [0.4, 0.5) is 26.3 Å². The summed E-state index contributed by atoms with van der Waals surface area (Å²) in [7, 11) is -5.50. The van der Waals surface area contributed by atoms with Crippen LogP contribution < -0.4 is 4.18 Å². The molecule has 0 aliphatic rings. The van der Waals surface area contributed by atoms with Gasteiger partial charge in [0.1, 0.15) is 0 Å². The van der Waals surface area contributed by atoms with Crippen LogP contribution in [0.1, 0.15) is 0 Å². The molecule has 0 radical (unpaired) electrons. The summed E-state index contributed by atoms with van der Waals surface area (Å²) in [5, 5.41) is 0. The van der Waals surface area contributed by atoms with Crippen molar-refractivity contribution in [3.8, 4) is 5.75 Å². The maximum atomic E-state index is 13.4. The van der Waals surface area contributed by atoms with E-state index in [4.69, 9.17) is 0 Å². The van der Waals surface area contributed by atoms with Crippen LogP contribution in [0, 0.1) is 34.9 Å². The third-order valence-electron chi connectivity index (χ3n) is 2.46. The summed E-state index contributed by atoms with van der Waals surface area (Å²) in [4.78, 5) is -2.20. The molecule has 0 heterocycles. The van der Waals surface area contributed by atoms with Crippen LogP contribution in [0.5, 0.6) is 5.75 Å². The van der Waals surface area contributed by atoms with E-state index in [1.807, 2.05) is 0 Å². The Balaban J connectivity index is 2.63.